The molecule has 1 heterocycles. The molecule has 0 spiro atoms. The molecule has 0 aliphatic carbocycles. The van der Waals surface area contributed by atoms with Gasteiger partial charge in [0.05, 0.1) is 27.0 Å². The Balaban J connectivity index is 1.87. The van der Waals surface area contributed by atoms with Crippen LogP contribution in [0.5, 0.6) is 17.2 Å². The van der Waals surface area contributed by atoms with Crippen LogP contribution in [-0.4, -0.2) is 45.5 Å². The minimum atomic E-state index is -0.0829. The largest absolute Gasteiger partial charge is 0.495 e. The number of methoxy groups -OCH3 is 3. The van der Waals surface area contributed by atoms with Gasteiger partial charge in [-0.3, -0.25) is 4.79 Å². The van der Waals surface area contributed by atoms with Crippen molar-refractivity contribution in [2.24, 2.45) is 0 Å². The molecule has 1 amide bonds. The summed E-state index contributed by atoms with van der Waals surface area (Å²) in [5.41, 5.74) is 4.62. The molecule has 34 heavy (non-hydrogen) atoms. The molecule has 0 aliphatic rings. The van der Waals surface area contributed by atoms with E-state index in [0.29, 0.717) is 41.6 Å². The summed E-state index contributed by atoms with van der Waals surface area (Å²) in [5.74, 6) is 1.79. The predicted octanol–water partition coefficient (Wildman–Crippen LogP) is 5.06. The van der Waals surface area contributed by atoms with E-state index in [1.165, 1.54) is 0 Å². The van der Waals surface area contributed by atoms with Gasteiger partial charge in [0.15, 0.2) is 11.5 Å². The summed E-state index contributed by atoms with van der Waals surface area (Å²) in [6.07, 6.45) is 4.18. The number of rotatable bonds is 12. The molecule has 2 aromatic carbocycles. The molecule has 0 atom stereocenters. The van der Waals surface area contributed by atoms with E-state index in [-0.39, 0.29) is 5.91 Å². The van der Waals surface area contributed by atoms with Gasteiger partial charge in [-0.25, -0.2) is 0 Å². The highest BCUT2D eigenvalue weighted by Crippen LogP contribution is 2.40. The molecule has 0 unspecified atom stereocenters. The summed E-state index contributed by atoms with van der Waals surface area (Å²) < 4.78 is 21.7. The number of nitrogens with one attached hydrogen (secondary N) is 2. The average molecular weight is 468 g/mol. The minimum absolute atomic E-state index is 0.0829. The standard InChI is InChI=1S/C26H33N3O5/c1-6-7-11-27-12-10-24(30)28-21-14-18(8-9-22(21)31-3)20-16-34-29-25(20)19-13-17(2)26(33-5)23(15-19)32-4/h8-9,13-16,27H,6-7,10-12H2,1-5H3,(H,28,30). The predicted molar refractivity (Wildman–Crippen MR) is 133 cm³/mol. The molecular formula is C26H33N3O5. The molecular weight excluding hydrogens is 434 g/mol. The Morgan fingerprint density at radius 3 is 2.50 bits per heavy atom. The van der Waals surface area contributed by atoms with E-state index < -0.39 is 0 Å². The van der Waals surface area contributed by atoms with Crippen LogP contribution < -0.4 is 24.8 Å². The van der Waals surface area contributed by atoms with Gasteiger partial charge in [-0.05, 0) is 55.3 Å². The zero-order chi connectivity index (χ0) is 24.5. The number of benzene rings is 2. The highest BCUT2D eigenvalue weighted by Gasteiger charge is 2.18. The fraction of sp³-hybridized carbons (Fsp3) is 0.385. The van der Waals surface area contributed by atoms with Crippen molar-refractivity contribution in [3.05, 3.63) is 42.2 Å². The van der Waals surface area contributed by atoms with Gasteiger partial charge >= 0.3 is 0 Å². The summed E-state index contributed by atoms with van der Waals surface area (Å²) in [6, 6.07) is 9.43. The molecule has 3 aromatic rings. The number of aryl methyl sites for hydroxylation is 1. The SMILES string of the molecule is CCCCNCCC(=O)Nc1cc(-c2conc2-c2cc(C)c(OC)c(OC)c2)ccc1OC. The molecule has 3 rings (SSSR count). The number of hydrogen-bond acceptors (Lipinski definition) is 7. The Morgan fingerprint density at radius 2 is 1.79 bits per heavy atom. The van der Waals surface area contributed by atoms with E-state index in [1.807, 2.05) is 37.3 Å². The van der Waals surface area contributed by atoms with Crippen molar-refractivity contribution in [3.63, 3.8) is 0 Å². The zero-order valence-electron chi connectivity index (χ0n) is 20.5. The second-order valence-corrected chi connectivity index (χ2v) is 7.92. The second kappa shape index (κ2) is 12.1. The maximum absolute atomic E-state index is 12.5. The Kier molecular flexibility index (Phi) is 8.93. The minimum Gasteiger partial charge on any atom is -0.495 e. The third kappa shape index (κ3) is 5.88. The maximum Gasteiger partial charge on any atom is 0.225 e. The number of nitrogens with zero attached hydrogens (tertiary/aromatic N) is 1. The van der Waals surface area contributed by atoms with Gasteiger partial charge in [-0.2, -0.15) is 0 Å². The number of hydrogen-bond donors (Lipinski definition) is 2. The fourth-order valence-electron chi connectivity index (χ4n) is 3.76. The molecule has 0 bridgehead atoms. The van der Waals surface area contributed by atoms with Crippen LogP contribution in [-0.2, 0) is 4.79 Å². The molecule has 0 saturated heterocycles. The van der Waals surface area contributed by atoms with Crippen molar-refractivity contribution in [3.8, 4) is 39.6 Å². The molecule has 1 aromatic heterocycles. The van der Waals surface area contributed by atoms with E-state index in [9.17, 15) is 4.79 Å². The van der Waals surface area contributed by atoms with Gasteiger partial charge in [0.2, 0.25) is 5.91 Å². The van der Waals surface area contributed by atoms with Crippen LogP contribution in [0.15, 0.2) is 41.1 Å². The lowest BCUT2D eigenvalue weighted by Gasteiger charge is -2.14. The molecule has 182 valence electrons. The Bertz CT molecular complexity index is 1110. The molecule has 0 radical (unpaired) electrons. The van der Waals surface area contributed by atoms with E-state index in [4.69, 9.17) is 18.7 Å². The van der Waals surface area contributed by atoms with Gasteiger partial charge in [-0.1, -0.05) is 24.6 Å². The van der Waals surface area contributed by atoms with Crippen LogP contribution in [0, 0.1) is 6.92 Å². The number of anilines is 1. The Labute approximate surface area is 200 Å². The zero-order valence-corrected chi connectivity index (χ0v) is 20.5. The van der Waals surface area contributed by atoms with E-state index in [2.05, 4.69) is 22.7 Å². The normalized spacial score (nSPS) is 10.7. The highest BCUT2D eigenvalue weighted by molar-refractivity contribution is 5.94. The first kappa shape index (κ1) is 25.1. The topological polar surface area (TPSA) is 94.9 Å². The van der Waals surface area contributed by atoms with E-state index in [1.54, 1.807) is 27.6 Å². The first-order valence-electron chi connectivity index (χ1n) is 11.4. The number of aromatic nitrogens is 1. The average Bonchev–Trinajstić information content (AvgIpc) is 3.33. The third-order valence-corrected chi connectivity index (χ3v) is 5.53. The first-order chi connectivity index (χ1) is 16.5. The van der Waals surface area contributed by atoms with E-state index in [0.717, 1.165) is 41.6 Å². The summed E-state index contributed by atoms with van der Waals surface area (Å²) in [4.78, 5) is 12.5. The van der Waals surface area contributed by atoms with Crippen molar-refractivity contribution in [1.82, 2.24) is 10.5 Å². The number of ether oxygens (including phenoxy) is 3. The lowest BCUT2D eigenvalue weighted by atomic mass is 9.99. The van der Waals surface area contributed by atoms with Crippen molar-refractivity contribution in [2.75, 3.05) is 39.7 Å². The number of carbonyl (C=O) groups is 1. The number of carbonyl (C=O) groups excluding carboxylic acids is 1. The number of unbranched alkanes of at least 4 members (excludes halogenated alkanes) is 1. The Hall–Kier alpha value is -3.52. The van der Waals surface area contributed by atoms with Crippen LogP contribution >= 0.6 is 0 Å². The summed E-state index contributed by atoms with van der Waals surface area (Å²) in [6.45, 7) is 5.63. The third-order valence-electron chi connectivity index (χ3n) is 5.53. The van der Waals surface area contributed by atoms with Gasteiger partial charge in [0.1, 0.15) is 17.7 Å². The van der Waals surface area contributed by atoms with Gasteiger partial charge in [0, 0.05) is 24.1 Å². The molecule has 0 fully saturated rings. The summed E-state index contributed by atoms with van der Waals surface area (Å²) in [7, 11) is 4.79. The van der Waals surface area contributed by atoms with Crippen molar-refractivity contribution in [1.29, 1.82) is 0 Å². The highest BCUT2D eigenvalue weighted by atomic mass is 16.5. The molecule has 0 saturated carbocycles. The van der Waals surface area contributed by atoms with Gasteiger partial charge in [-0.15, -0.1) is 0 Å². The quantitative estimate of drug-likeness (QED) is 0.360. The lowest BCUT2D eigenvalue weighted by Crippen LogP contribution is -2.22. The van der Waals surface area contributed by atoms with Crippen molar-refractivity contribution in [2.45, 2.75) is 33.1 Å². The second-order valence-electron chi connectivity index (χ2n) is 7.92. The van der Waals surface area contributed by atoms with Crippen LogP contribution in [0.3, 0.4) is 0 Å². The van der Waals surface area contributed by atoms with Crippen molar-refractivity contribution >= 4 is 11.6 Å². The Morgan fingerprint density at radius 1 is 1.00 bits per heavy atom. The summed E-state index contributed by atoms with van der Waals surface area (Å²) in [5, 5.41) is 10.5. The maximum atomic E-state index is 12.5. The molecule has 8 heteroatoms. The molecule has 0 aliphatic heterocycles. The van der Waals surface area contributed by atoms with Crippen molar-refractivity contribution < 1.29 is 23.5 Å². The van der Waals surface area contributed by atoms with Crippen LogP contribution in [0.1, 0.15) is 31.7 Å². The van der Waals surface area contributed by atoms with Gasteiger partial charge in [0.25, 0.3) is 0 Å². The molecule has 2 N–H and O–H groups in total. The smallest absolute Gasteiger partial charge is 0.225 e. The number of amides is 1. The fourth-order valence-corrected chi connectivity index (χ4v) is 3.76. The lowest BCUT2D eigenvalue weighted by molar-refractivity contribution is -0.116. The van der Waals surface area contributed by atoms with Gasteiger partial charge < -0.3 is 29.4 Å². The van der Waals surface area contributed by atoms with Crippen LogP contribution in [0.25, 0.3) is 22.4 Å². The van der Waals surface area contributed by atoms with E-state index >= 15 is 0 Å². The van der Waals surface area contributed by atoms with Crippen LogP contribution in [0.4, 0.5) is 5.69 Å². The summed E-state index contributed by atoms with van der Waals surface area (Å²) >= 11 is 0. The monoisotopic (exact) mass is 467 g/mol. The first-order valence-corrected chi connectivity index (χ1v) is 11.4. The molecule has 8 nitrogen and oxygen atoms in total. The van der Waals surface area contributed by atoms with Crippen LogP contribution in [0.2, 0.25) is 0 Å².